The molecule has 30 heavy (non-hydrogen) atoms. The fourth-order valence-electron chi connectivity index (χ4n) is 2.70. The lowest BCUT2D eigenvalue weighted by Crippen LogP contribution is -2.38. The molecular weight excluding hydrogens is 406 g/mol. The van der Waals surface area contributed by atoms with Gasteiger partial charge in [0.15, 0.2) is 0 Å². The highest BCUT2D eigenvalue weighted by atomic mass is 32.2. The Labute approximate surface area is 177 Å². The zero-order valence-corrected chi connectivity index (χ0v) is 18.4. The summed E-state index contributed by atoms with van der Waals surface area (Å²) in [5.74, 6) is -0.106. The van der Waals surface area contributed by atoms with Crippen LogP contribution in [0.3, 0.4) is 0 Å². The first-order valence-corrected chi connectivity index (χ1v) is 10.8. The molecule has 0 aliphatic carbocycles. The number of nitrogens with zero attached hydrogens (tertiary/aromatic N) is 1. The molecule has 0 heterocycles. The molecule has 9 heteroatoms. The van der Waals surface area contributed by atoms with Crippen LogP contribution in [0.15, 0.2) is 47.4 Å². The Bertz CT molecular complexity index is 999. The van der Waals surface area contributed by atoms with Gasteiger partial charge in [0, 0.05) is 19.7 Å². The Morgan fingerprint density at radius 2 is 1.63 bits per heavy atom. The summed E-state index contributed by atoms with van der Waals surface area (Å²) in [5.41, 5.74) is 2.20. The lowest BCUT2D eigenvalue weighted by molar-refractivity contribution is -0.120. The van der Waals surface area contributed by atoms with Gasteiger partial charge in [0.2, 0.25) is 15.9 Å². The van der Waals surface area contributed by atoms with E-state index in [1.807, 2.05) is 32.0 Å². The fraction of sp³-hybridized carbons (Fsp3) is 0.333. The number of carbonyl (C=O) groups excluding carboxylic acids is 2. The molecule has 0 bridgehead atoms. The van der Waals surface area contributed by atoms with Gasteiger partial charge in [-0.25, -0.2) is 12.7 Å². The molecule has 0 fully saturated rings. The predicted molar refractivity (Wildman–Crippen MR) is 114 cm³/mol. The lowest BCUT2D eigenvalue weighted by Gasteiger charge is -2.13. The largest absolute Gasteiger partial charge is 0.491 e. The van der Waals surface area contributed by atoms with Gasteiger partial charge in [-0.1, -0.05) is 24.3 Å². The number of rotatable bonds is 9. The second kappa shape index (κ2) is 10.2. The summed E-state index contributed by atoms with van der Waals surface area (Å²) in [6.07, 6.45) is 0. The van der Waals surface area contributed by atoms with Gasteiger partial charge in [-0.05, 0) is 43.2 Å². The van der Waals surface area contributed by atoms with Crippen molar-refractivity contribution in [1.29, 1.82) is 0 Å². The summed E-state index contributed by atoms with van der Waals surface area (Å²) in [4.78, 5) is 24.2. The molecule has 2 rings (SSSR count). The molecule has 2 aromatic rings. The third-order valence-corrected chi connectivity index (χ3v) is 6.17. The molecule has 8 nitrogen and oxygen atoms in total. The van der Waals surface area contributed by atoms with E-state index in [4.69, 9.17) is 4.74 Å². The number of aryl methyl sites for hydroxylation is 2. The number of hydrogen-bond acceptors (Lipinski definition) is 5. The Kier molecular flexibility index (Phi) is 7.96. The van der Waals surface area contributed by atoms with E-state index < -0.39 is 15.9 Å². The molecule has 0 unspecified atom stereocenters. The van der Waals surface area contributed by atoms with Crippen LogP contribution in [0, 0.1) is 13.8 Å². The van der Waals surface area contributed by atoms with E-state index in [1.165, 1.54) is 38.4 Å². The topological polar surface area (TPSA) is 105 Å². The standard InChI is InChI=1S/C21H27N3O5S/c1-15-7-5-8-16(2)20(15)29-12-11-22-19(25)14-23-21(26)17-9-6-10-18(13-17)30(27,28)24(3)4/h5-10,13H,11-12,14H2,1-4H3,(H,22,25)(H,23,26). The minimum absolute atomic E-state index is 0.00764. The molecule has 2 aromatic carbocycles. The highest BCUT2D eigenvalue weighted by Crippen LogP contribution is 2.21. The predicted octanol–water partition coefficient (Wildman–Crippen LogP) is 1.48. The number of amides is 2. The monoisotopic (exact) mass is 433 g/mol. The average Bonchev–Trinajstić information content (AvgIpc) is 2.71. The second-order valence-electron chi connectivity index (χ2n) is 6.92. The second-order valence-corrected chi connectivity index (χ2v) is 9.07. The zero-order valence-electron chi connectivity index (χ0n) is 17.6. The van der Waals surface area contributed by atoms with E-state index in [0.717, 1.165) is 21.2 Å². The molecule has 0 atom stereocenters. The highest BCUT2D eigenvalue weighted by Gasteiger charge is 2.19. The van der Waals surface area contributed by atoms with Gasteiger partial charge in [-0.15, -0.1) is 0 Å². The van der Waals surface area contributed by atoms with Crippen LogP contribution in [-0.2, 0) is 14.8 Å². The van der Waals surface area contributed by atoms with E-state index in [-0.39, 0.29) is 22.9 Å². The molecular formula is C21H27N3O5S. The van der Waals surface area contributed by atoms with Crippen LogP contribution in [-0.4, -0.2) is 58.3 Å². The molecule has 2 N–H and O–H groups in total. The van der Waals surface area contributed by atoms with Gasteiger partial charge < -0.3 is 15.4 Å². The first-order chi connectivity index (χ1) is 14.1. The Balaban J connectivity index is 1.82. The quantitative estimate of drug-likeness (QED) is 0.583. The molecule has 2 amide bonds. The number of hydrogen-bond donors (Lipinski definition) is 2. The van der Waals surface area contributed by atoms with Crippen LogP contribution in [0.25, 0.3) is 0 Å². The Morgan fingerprint density at radius 1 is 1.00 bits per heavy atom. The van der Waals surface area contributed by atoms with E-state index in [9.17, 15) is 18.0 Å². The maximum Gasteiger partial charge on any atom is 0.251 e. The summed E-state index contributed by atoms with van der Waals surface area (Å²) >= 11 is 0. The number of ether oxygens (including phenoxy) is 1. The van der Waals surface area contributed by atoms with Crippen molar-refractivity contribution < 1.29 is 22.7 Å². The van der Waals surface area contributed by atoms with Crippen molar-refractivity contribution in [3.63, 3.8) is 0 Å². The van der Waals surface area contributed by atoms with E-state index in [0.29, 0.717) is 13.2 Å². The molecule has 0 saturated heterocycles. The summed E-state index contributed by atoms with van der Waals surface area (Å²) < 4.78 is 31.1. The summed E-state index contributed by atoms with van der Waals surface area (Å²) in [7, 11) is -0.822. The minimum atomic E-state index is -3.65. The van der Waals surface area contributed by atoms with E-state index >= 15 is 0 Å². The van der Waals surface area contributed by atoms with Gasteiger partial charge in [0.25, 0.3) is 5.91 Å². The summed E-state index contributed by atoms with van der Waals surface area (Å²) in [6, 6.07) is 11.5. The van der Waals surface area contributed by atoms with E-state index in [2.05, 4.69) is 10.6 Å². The van der Waals surface area contributed by atoms with Crippen molar-refractivity contribution >= 4 is 21.8 Å². The van der Waals surface area contributed by atoms with Crippen molar-refractivity contribution in [3.8, 4) is 5.75 Å². The fourth-order valence-corrected chi connectivity index (χ4v) is 3.65. The Morgan fingerprint density at radius 3 is 2.27 bits per heavy atom. The maximum absolute atomic E-state index is 12.3. The molecule has 162 valence electrons. The van der Waals surface area contributed by atoms with Gasteiger partial charge in [0.05, 0.1) is 18.0 Å². The first-order valence-electron chi connectivity index (χ1n) is 9.39. The van der Waals surface area contributed by atoms with Gasteiger partial charge in [-0.3, -0.25) is 9.59 Å². The minimum Gasteiger partial charge on any atom is -0.491 e. The first kappa shape index (κ1) is 23.4. The lowest BCUT2D eigenvalue weighted by atomic mass is 10.1. The molecule has 0 radical (unpaired) electrons. The van der Waals surface area contributed by atoms with Crippen LogP contribution in [0.4, 0.5) is 0 Å². The molecule has 0 saturated carbocycles. The van der Waals surface area contributed by atoms with Crippen LogP contribution >= 0.6 is 0 Å². The smallest absolute Gasteiger partial charge is 0.251 e. The van der Waals surface area contributed by atoms with Crippen LogP contribution in [0.5, 0.6) is 5.75 Å². The van der Waals surface area contributed by atoms with Gasteiger partial charge >= 0.3 is 0 Å². The molecule has 0 aliphatic heterocycles. The number of carbonyl (C=O) groups is 2. The van der Waals surface area contributed by atoms with Gasteiger partial charge in [0.1, 0.15) is 12.4 Å². The third-order valence-electron chi connectivity index (χ3n) is 4.36. The number of para-hydroxylation sites is 1. The average molecular weight is 434 g/mol. The van der Waals surface area contributed by atoms with Gasteiger partial charge in [-0.2, -0.15) is 0 Å². The molecule has 0 aromatic heterocycles. The normalized spacial score (nSPS) is 11.2. The van der Waals surface area contributed by atoms with Crippen LogP contribution in [0.1, 0.15) is 21.5 Å². The highest BCUT2D eigenvalue weighted by molar-refractivity contribution is 7.89. The number of sulfonamides is 1. The van der Waals surface area contributed by atoms with Crippen molar-refractivity contribution in [2.45, 2.75) is 18.7 Å². The van der Waals surface area contributed by atoms with Crippen LogP contribution in [0.2, 0.25) is 0 Å². The van der Waals surface area contributed by atoms with Crippen molar-refractivity contribution in [1.82, 2.24) is 14.9 Å². The van der Waals surface area contributed by atoms with Crippen LogP contribution < -0.4 is 15.4 Å². The maximum atomic E-state index is 12.3. The summed E-state index contributed by atoms with van der Waals surface area (Å²) in [5, 5.41) is 5.15. The zero-order chi connectivity index (χ0) is 22.3. The molecule has 0 aliphatic rings. The SMILES string of the molecule is Cc1cccc(C)c1OCCNC(=O)CNC(=O)c1cccc(S(=O)(=O)N(C)C)c1. The Hall–Kier alpha value is -2.91. The van der Waals surface area contributed by atoms with Crippen molar-refractivity contribution in [2.75, 3.05) is 33.8 Å². The van der Waals surface area contributed by atoms with Crippen molar-refractivity contribution in [2.24, 2.45) is 0 Å². The van der Waals surface area contributed by atoms with E-state index in [1.54, 1.807) is 0 Å². The molecule has 0 spiro atoms. The summed E-state index contributed by atoms with van der Waals surface area (Å²) in [6.45, 7) is 4.27. The third kappa shape index (κ3) is 6.04. The number of benzene rings is 2. The number of nitrogens with one attached hydrogen (secondary N) is 2. The van der Waals surface area contributed by atoms with Crippen molar-refractivity contribution in [3.05, 3.63) is 59.2 Å².